The van der Waals surface area contributed by atoms with Gasteiger partial charge in [-0.3, -0.25) is 4.98 Å². The van der Waals surface area contributed by atoms with Crippen molar-refractivity contribution in [2.45, 2.75) is 0 Å². The quantitative estimate of drug-likeness (QED) is 0.754. The molecular weight excluding hydrogens is 288 g/mol. The SMILES string of the molecule is N#Cc1ccc(Nc2nc(N)c3nccc(Cl)c3n2)cc1. The van der Waals surface area contributed by atoms with Crippen LogP contribution < -0.4 is 11.1 Å². The Balaban J connectivity index is 2.00. The number of nitriles is 1. The summed E-state index contributed by atoms with van der Waals surface area (Å²) < 4.78 is 0. The molecule has 3 N–H and O–H groups in total. The van der Waals surface area contributed by atoms with E-state index in [1.165, 1.54) is 0 Å². The third kappa shape index (κ3) is 2.55. The van der Waals surface area contributed by atoms with Crippen molar-refractivity contribution in [1.29, 1.82) is 5.26 Å². The molecule has 2 heterocycles. The lowest BCUT2D eigenvalue weighted by atomic mass is 10.2. The second-order valence-electron chi connectivity index (χ2n) is 4.24. The minimum absolute atomic E-state index is 0.249. The van der Waals surface area contributed by atoms with Crippen molar-refractivity contribution in [2.75, 3.05) is 11.1 Å². The number of fused-ring (bicyclic) bond motifs is 1. The molecule has 0 saturated heterocycles. The second kappa shape index (κ2) is 5.23. The van der Waals surface area contributed by atoms with Crippen molar-refractivity contribution in [3.8, 4) is 6.07 Å². The minimum atomic E-state index is 0.249. The van der Waals surface area contributed by atoms with Crippen molar-refractivity contribution < 1.29 is 0 Å². The lowest BCUT2D eigenvalue weighted by molar-refractivity contribution is 1.20. The number of pyridine rings is 1. The van der Waals surface area contributed by atoms with E-state index < -0.39 is 0 Å². The highest BCUT2D eigenvalue weighted by Crippen LogP contribution is 2.25. The normalized spacial score (nSPS) is 10.3. The molecule has 1 aromatic carbocycles. The number of anilines is 3. The summed E-state index contributed by atoms with van der Waals surface area (Å²) in [5.74, 6) is 0.568. The Morgan fingerprint density at radius 3 is 2.57 bits per heavy atom. The van der Waals surface area contributed by atoms with E-state index in [2.05, 4.69) is 26.3 Å². The van der Waals surface area contributed by atoms with Crippen LogP contribution >= 0.6 is 11.6 Å². The average molecular weight is 297 g/mol. The third-order valence-electron chi connectivity index (χ3n) is 2.83. The van der Waals surface area contributed by atoms with Gasteiger partial charge in [-0.15, -0.1) is 0 Å². The van der Waals surface area contributed by atoms with E-state index in [0.717, 1.165) is 5.69 Å². The number of hydrogen-bond donors (Lipinski definition) is 2. The number of nitrogens with one attached hydrogen (secondary N) is 1. The highest BCUT2D eigenvalue weighted by molar-refractivity contribution is 6.35. The van der Waals surface area contributed by atoms with Crippen LogP contribution in [0.5, 0.6) is 0 Å². The summed E-state index contributed by atoms with van der Waals surface area (Å²) in [7, 11) is 0. The maximum Gasteiger partial charge on any atom is 0.229 e. The first-order chi connectivity index (χ1) is 10.2. The van der Waals surface area contributed by atoms with E-state index in [1.54, 1.807) is 36.5 Å². The average Bonchev–Trinajstić information content (AvgIpc) is 2.49. The van der Waals surface area contributed by atoms with Gasteiger partial charge in [-0.1, -0.05) is 11.6 Å². The van der Waals surface area contributed by atoms with Gasteiger partial charge in [-0.05, 0) is 30.3 Å². The molecule has 0 bridgehead atoms. The van der Waals surface area contributed by atoms with E-state index in [4.69, 9.17) is 22.6 Å². The van der Waals surface area contributed by atoms with Gasteiger partial charge in [0.15, 0.2) is 5.82 Å². The molecule has 0 aliphatic heterocycles. The fraction of sp³-hybridized carbons (Fsp3) is 0. The van der Waals surface area contributed by atoms with Crippen LogP contribution in [0, 0.1) is 11.3 Å². The molecule has 0 amide bonds. The summed E-state index contributed by atoms with van der Waals surface area (Å²) in [4.78, 5) is 12.6. The molecule has 6 nitrogen and oxygen atoms in total. The molecule has 0 unspecified atom stereocenters. The fourth-order valence-electron chi connectivity index (χ4n) is 1.84. The minimum Gasteiger partial charge on any atom is -0.382 e. The molecule has 2 aromatic heterocycles. The van der Waals surface area contributed by atoms with E-state index in [-0.39, 0.29) is 5.82 Å². The maximum atomic E-state index is 8.77. The molecule has 0 fully saturated rings. The highest BCUT2D eigenvalue weighted by atomic mass is 35.5. The number of nitrogens with two attached hydrogens (primary N) is 1. The van der Waals surface area contributed by atoms with Gasteiger partial charge in [0.05, 0.1) is 16.7 Å². The molecule has 0 radical (unpaired) electrons. The van der Waals surface area contributed by atoms with E-state index in [0.29, 0.717) is 27.6 Å². The van der Waals surface area contributed by atoms with Crippen molar-refractivity contribution >= 4 is 40.1 Å². The van der Waals surface area contributed by atoms with Crippen LogP contribution in [0.2, 0.25) is 5.02 Å². The van der Waals surface area contributed by atoms with Crippen LogP contribution in [0.1, 0.15) is 5.56 Å². The van der Waals surface area contributed by atoms with Gasteiger partial charge in [0.25, 0.3) is 0 Å². The largest absolute Gasteiger partial charge is 0.382 e. The molecule has 0 spiro atoms. The molecule has 3 aromatic rings. The van der Waals surface area contributed by atoms with Gasteiger partial charge in [-0.25, -0.2) is 4.98 Å². The van der Waals surface area contributed by atoms with Gasteiger partial charge in [-0.2, -0.15) is 10.2 Å². The number of rotatable bonds is 2. The van der Waals surface area contributed by atoms with Crippen LogP contribution in [-0.4, -0.2) is 15.0 Å². The van der Waals surface area contributed by atoms with Crippen molar-refractivity contribution in [2.24, 2.45) is 0 Å². The number of nitrogen functional groups attached to an aromatic ring is 1. The first-order valence-electron chi connectivity index (χ1n) is 6.02. The summed E-state index contributed by atoms with van der Waals surface area (Å²) >= 11 is 6.09. The first-order valence-corrected chi connectivity index (χ1v) is 6.40. The number of hydrogen-bond acceptors (Lipinski definition) is 6. The van der Waals surface area contributed by atoms with E-state index in [1.807, 2.05) is 0 Å². The summed E-state index contributed by atoms with van der Waals surface area (Å²) in [5.41, 5.74) is 8.14. The van der Waals surface area contributed by atoms with Crippen LogP contribution in [0.15, 0.2) is 36.5 Å². The Labute approximate surface area is 125 Å². The Kier molecular flexibility index (Phi) is 3.26. The summed E-state index contributed by atoms with van der Waals surface area (Å²) in [6, 6.07) is 10.6. The van der Waals surface area contributed by atoms with Gasteiger partial charge < -0.3 is 11.1 Å². The lowest BCUT2D eigenvalue weighted by Gasteiger charge is -2.08. The Bertz CT molecular complexity index is 854. The van der Waals surface area contributed by atoms with Gasteiger partial charge in [0.2, 0.25) is 5.95 Å². The molecular formula is C14H9ClN6. The zero-order valence-corrected chi connectivity index (χ0v) is 11.5. The molecule has 0 saturated carbocycles. The molecule has 0 atom stereocenters. The molecule has 102 valence electrons. The predicted octanol–water partition coefficient (Wildman–Crippen LogP) is 2.88. The van der Waals surface area contributed by atoms with Crippen molar-refractivity contribution in [3.63, 3.8) is 0 Å². The lowest BCUT2D eigenvalue weighted by Crippen LogP contribution is -2.02. The molecule has 0 aliphatic carbocycles. The van der Waals surface area contributed by atoms with Gasteiger partial charge >= 0.3 is 0 Å². The van der Waals surface area contributed by atoms with Crippen LogP contribution in [0.4, 0.5) is 17.5 Å². The highest BCUT2D eigenvalue weighted by Gasteiger charge is 2.09. The smallest absolute Gasteiger partial charge is 0.229 e. The van der Waals surface area contributed by atoms with Crippen LogP contribution in [0.25, 0.3) is 11.0 Å². The number of nitrogens with zero attached hydrogens (tertiary/aromatic N) is 4. The summed E-state index contributed by atoms with van der Waals surface area (Å²) in [6.07, 6.45) is 1.55. The Morgan fingerprint density at radius 1 is 1.10 bits per heavy atom. The monoisotopic (exact) mass is 296 g/mol. The molecule has 7 heteroatoms. The standard InChI is InChI=1S/C14H9ClN6/c15-10-5-6-18-12-11(10)20-14(21-13(12)17)19-9-3-1-8(7-16)2-4-9/h1-6H,(H3,17,19,20,21). The number of halogens is 1. The van der Waals surface area contributed by atoms with Crippen molar-refractivity contribution in [3.05, 3.63) is 47.1 Å². The zero-order valence-electron chi connectivity index (χ0n) is 10.7. The fourth-order valence-corrected chi connectivity index (χ4v) is 2.02. The summed E-state index contributed by atoms with van der Waals surface area (Å²) in [5, 5.41) is 12.2. The zero-order chi connectivity index (χ0) is 14.8. The van der Waals surface area contributed by atoms with E-state index >= 15 is 0 Å². The number of aromatic nitrogens is 3. The van der Waals surface area contributed by atoms with Crippen LogP contribution in [-0.2, 0) is 0 Å². The van der Waals surface area contributed by atoms with Crippen LogP contribution in [0.3, 0.4) is 0 Å². The van der Waals surface area contributed by atoms with Crippen molar-refractivity contribution in [1.82, 2.24) is 15.0 Å². The molecule has 3 rings (SSSR count). The third-order valence-corrected chi connectivity index (χ3v) is 3.14. The molecule has 0 aliphatic rings. The second-order valence-corrected chi connectivity index (χ2v) is 4.64. The van der Waals surface area contributed by atoms with Gasteiger partial charge in [0.1, 0.15) is 11.0 Å². The Morgan fingerprint density at radius 2 is 1.86 bits per heavy atom. The topological polar surface area (TPSA) is 101 Å². The predicted molar refractivity (Wildman–Crippen MR) is 81.2 cm³/mol. The molecule has 21 heavy (non-hydrogen) atoms. The number of benzene rings is 1. The Hall–Kier alpha value is -2.91. The van der Waals surface area contributed by atoms with E-state index in [9.17, 15) is 0 Å². The van der Waals surface area contributed by atoms with Gasteiger partial charge in [0, 0.05) is 11.9 Å². The maximum absolute atomic E-state index is 8.77. The summed E-state index contributed by atoms with van der Waals surface area (Å²) in [6.45, 7) is 0. The first kappa shape index (κ1) is 13.1.